The minimum Gasteiger partial charge on any atom is -0.356 e. The summed E-state index contributed by atoms with van der Waals surface area (Å²) in [7, 11) is 1.86. The number of rotatable bonds is 7. The summed E-state index contributed by atoms with van der Waals surface area (Å²) in [5.41, 5.74) is 0.120. The van der Waals surface area contributed by atoms with Crippen molar-refractivity contribution in [1.82, 2.24) is 15.5 Å². The largest absolute Gasteiger partial charge is 0.356 e. The molecule has 0 amide bonds. The molecule has 1 aromatic heterocycles. The number of likely N-dealkylation sites (tertiary alicyclic amines) is 1. The molecule has 0 spiro atoms. The number of aliphatic imine (C=N–C) groups is 1. The quantitative estimate of drug-likeness (QED) is 0.584. The third-order valence-corrected chi connectivity index (χ3v) is 6.10. The van der Waals surface area contributed by atoms with Gasteiger partial charge in [0.15, 0.2) is 5.96 Å². The van der Waals surface area contributed by atoms with Gasteiger partial charge in [-0.25, -0.2) is 0 Å². The summed E-state index contributed by atoms with van der Waals surface area (Å²) in [4.78, 5) is 8.43. The van der Waals surface area contributed by atoms with Gasteiger partial charge in [-0.15, -0.1) is 11.3 Å². The standard InChI is InChI=1S/C19H34N4S/c1-5-6-11-23-12-9-16(10-13-23)22-18(20-4)21-15-19(2,3)17-8-7-14-24-17/h7-8,14,16H,5-6,9-13,15H2,1-4H3,(H2,20,21,22). The number of nitrogens with one attached hydrogen (secondary N) is 2. The summed E-state index contributed by atoms with van der Waals surface area (Å²) in [6.07, 6.45) is 5.02. The first-order chi connectivity index (χ1) is 11.5. The van der Waals surface area contributed by atoms with Gasteiger partial charge in [-0.2, -0.15) is 0 Å². The number of thiophene rings is 1. The first-order valence-corrected chi connectivity index (χ1v) is 10.2. The number of piperidine rings is 1. The van der Waals surface area contributed by atoms with Gasteiger partial charge in [0.05, 0.1) is 0 Å². The lowest BCUT2D eigenvalue weighted by Crippen LogP contribution is -2.50. The molecule has 0 atom stereocenters. The molecule has 0 bridgehead atoms. The van der Waals surface area contributed by atoms with Crippen molar-refractivity contribution in [1.29, 1.82) is 0 Å². The molecule has 5 heteroatoms. The molecule has 0 unspecified atom stereocenters. The van der Waals surface area contributed by atoms with Gasteiger partial charge in [0.2, 0.25) is 0 Å². The molecule has 2 heterocycles. The predicted octanol–water partition coefficient (Wildman–Crippen LogP) is 3.46. The van der Waals surface area contributed by atoms with Gasteiger partial charge < -0.3 is 15.5 Å². The van der Waals surface area contributed by atoms with Gasteiger partial charge in [-0.1, -0.05) is 33.3 Å². The van der Waals surface area contributed by atoms with Crippen molar-refractivity contribution in [3.63, 3.8) is 0 Å². The number of nitrogens with zero attached hydrogens (tertiary/aromatic N) is 2. The van der Waals surface area contributed by atoms with Gasteiger partial charge in [0, 0.05) is 43.0 Å². The molecule has 0 aromatic carbocycles. The molecule has 1 aliphatic heterocycles. The fourth-order valence-electron chi connectivity index (χ4n) is 3.13. The number of hydrogen-bond donors (Lipinski definition) is 2. The Bertz CT molecular complexity index is 487. The number of hydrogen-bond acceptors (Lipinski definition) is 3. The highest BCUT2D eigenvalue weighted by atomic mass is 32.1. The Morgan fingerprint density at radius 1 is 1.38 bits per heavy atom. The molecule has 1 saturated heterocycles. The zero-order valence-corrected chi connectivity index (χ0v) is 16.6. The summed E-state index contributed by atoms with van der Waals surface area (Å²) >= 11 is 1.83. The second-order valence-corrected chi connectivity index (χ2v) is 8.35. The first-order valence-electron chi connectivity index (χ1n) is 9.28. The van der Waals surface area contributed by atoms with Crippen LogP contribution in [0.2, 0.25) is 0 Å². The lowest BCUT2D eigenvalue weighted by atomic mass is 9.91. The molecule has 1 fully saturated rings. The fourth-order valence-corrected chi connectivity index (χ4v) is 3.98. The summed E-state index contributed by atoms with van der Waals surface area (Å²) in [6, 6.07) is 4.88. The van der Waals surface area contributed by atoms with Gasteiger partial charge in [-0.3, -0.25) is 4.99 Å². The zero-order chi connectivity index (χ0) is 17.4. The summed E-state index contributed by atoms with van der Waals surface area (Å²) in [5, 5.41) is 9.29. The maximum Gasteiger partial charge on any atom is 0.191 e. The van der Waals surface area contributed by atoms with E-state index in [9.17, 15) is 0 Å². The van der Waals surface area contributed by atoms with Gasteiger partial charge in [0.25, 0.3) is 0 Å². The van der Waals surface area contributed by atoms with Gasteiger partial charge in [-0.05, 0) is 37.3 Å². The topological polar surface area (TPSA) is 39.7 Å². The van der Waals surface area contributed by atoms with E-state index < -0.39 is 0 Å². The Morgan fingerprint density at radius 2 is 2.12 bits per heavy atom. The van der Waals surface area contributed by atoms with Crippen LogP contribution < -0.4 is 10.6 Å². The van der Waals surface area contributed by atoms with E-state index in [1.807, 2.05) is 18.4 Å². The molecule has 1 aromatic rings. The summed E-state index contributed by atoms with van der Waals surface area (Å²) < 4.78 is 0. The van der Waals surface area contributed by atoms with Crippen LogP contribution >= 0.6 is 11.3 Å². The molecule has 1 aliphatic rings. The van der Waals surface area contributed by atoms with E-state index in [0.29, 0.717) is 6.04 Å². The Morgan fingerprint density at radius 3 is 2.71 bits per heavy atom. The molecule has 0 aliphatic carbocycles. The second-order valence-electron chi connectivity index (χ2n) is 7.40. The van der Waals surface area contributed by atoms with E-state index >= 15 is 0 Å². The van der Waals surface area contributed by atoms with Crippen molar-refractivity contribution in [3.05, 3.63) is 22.4 Å². The van der Waals surface area contributed by atoms with E-state index in [0.717, 1.165) is 12.5 Å². The average molecular weight is 351 g/mol. The Kier molecular flexibility index (Phi) is 7.56. The predicted molar refractivity (Wildman–Crippen MR) is 106 cm³/mol. The highest BCUT2D eigenvalue weighted by molar-refractivity contribution is 7.10. The normalized spacial score (nSPS) is 17.9. The van der Waals surface area contributed by atoms with Crippen LogP contribution in [-0.2, 0) is 5.41 Å². The van der Waals surface area contributed by atoms with E-state index in [4.69, 9.17) is 0 Å². The van der Waals surface area contributed by atoms with Crippen LogP contribution in [0.4, 0.5) is 0 Å². The van der Waals surface area contributed by atoms with Crippen molar-refractivity contribution in [2.24, 2.45) is 4.99 Å². The zero-order valence-electron chi connectivity index (χ0n) is 15.8. The van der Waals surface area contributed by atoms with Crippen LogP contribution in [0, 0.1) is 0 Å². The van der Waals surface area contributed by atoms with Crippen LogP contribution in [0.25, 0.3) is 0 Å². The Balaban J connectivity index is 1.75. The van der Waals surface area contributed by atoms with Crippen molar-refractivity contribution >= 4 is 17.3 Å². The highest BCUT2D eigenvalue weighted by Gasteiger charge is 2.23. The fraction of sp³-hybridized carbons (Fsp3) is 0.737. The molecular weight excluding hydrogens is 316 g/mol. The summed E-state index contributed by atoms with van der Waals surface area (Å²) in [6.45, 7) is 11.4. The third-order valence-electron chi connectivity index (χ3n) is 4.87. The molecule has 0 radical (unpaired) electrons. The maximum absolute atomic E-state index is 4.42. The lowest BCUT2D eigenvalue weighted by Gasteiger charge is -2.33. The van der Waals surface area contributed by atoms with Crippen LogP contribution in [0.15, 0.2) is 22.5 Å². The molecule has 2 N–H and O–H groups in total. The minimum absolute atomic E-state index is 0.120. The van der Waals surface area contributed by atoms with Crippen molar-refractivity contribution in [3.8, 4) is 0 Å². The van der Waals surface area contributed by atoms with Crippen LogP contribution in [-0.4, -0.2) is 50.1 Å². The smallest absolute Gasteiger partial charge is 0.191 e. The monoisotopic (exact) mass is 350 g/mol. The minimum atomic E-state index is 0.120. The molecule has 136 valence electrons. The maximum atomic E-state index is 4.42. The molecule has 0 saturated carbocycles. The summed E-state index contributed by atoms with van der Waals surface area (Å²) in [5.74, 6) is 0.937. The molecular formula is C19H34N4S. The van der Waals surface area contributed by atoms with E-state index in [-0.39, 0.29) is 5.41 Å². The van der Waals surface area contributed by atoms with Gasteiger partial charge >= 0.3 is 0 Å². The first kappa shape index (κ1) is 19.3. The van der Waals surface area contributed by atoms with E-state index in [1.165, 1.54) is 50.2 Å². The SMILES string of the molecule is CCCCN1CCC(NC(=NC)NCC(C)(C)c2cccs2)CC1. The Labute approximate surface area is 151 Å². The van der Waals surface area contributed by atoms with Crippen LogP contribution in [0.5, 0.6) is 0 Å². The van der Waals surface area contributed by atoms with Gasteiger partial charge in [0.1, 0.15) is 0 Å². The third kappa shape index (κ3) is 5.78. The van der Waals surface area contributed by atoms with E-state index in [2.05, 4.69) is 58.8 Å². The van der Waals surface area contributed by atoms with Crippen LogP contribution in [0.1, 0.15) is 51.3 Å². The average Bonchev–Trinajstić information content (AvgIpc) is 3.13. The van der Waals surface area contributed by atoms with E-state index in [1.54, 1.807) is 0 Å². The molecule has 24 heavy (non-hydrogen) atoms. The number of unbranched alkanes of at least 4 members (excludes halogenated alkanes) is 1. The van der Waals surface area contributed by atoms with Crippen molar-refractivity contribution in [2.75, 3.05) is 33.2 Å². The van der Waals surface area contributed by atoms with Crippen molar-refractivity contribution < 1.29 is 0 Å². The number of guanidine groups is 1. The lowest BCUT2D eigenvalue weighted by molar-refractivity contribution is 0.203. The van der Waals surface area contributed by atoms with Crippen LogP contribution in [0.3, 0.4) is 0 Å². The van der Waals surface area contributed by atoms with Crippen molar-refractivity contribution in [2.45, 2.75) is 57.9 Å². The Hall–Kier alpha value is -1.07. The molecule has 4 nitrogen and oxygen atoms in total. The molecule has 2 rings (SSSR count). The highest BCUT2D eigenvalue weighted by Crippen LogP contribution is 2.26. The second kappa shape index (κ2) is 9.42.